The van der Waals surface area contributed by atoms with Crippen LogP contribution >= 0.6 is 23.1 Å². The molecule has 3 heterocycles. The molecule has 0 aliphatic carbocycles. The Kier molecular flexibility index (Phi) is 4.08. The Labute approximate surface area is 122 Å². The van der Waals surface area contributed by atoms with Crippen LogP contribution in [0.3, 0.4) is 0 Å². The minimum Gasteiger partial charge on any atom is -0.496 e. The first-order valence-corrected chi connectivity index (χ1v) is 8.78. The summed E-state index contributed by atoms with van der Waals surface area (Å²) >= 11 is 3.56. The van der Waals surface area contributed by atoms with Crippen molar-refractivity contribution < 1.29 is 14.6 Å². The van der Waals surface area contributed by atoms with E-state index in [2.05, 4.69) is 0 Å². The van der Waals surface area contributed by atoms with Crippen LogP contribution in [-0.4, -0.2) is 35.9 Å². The highest BCUT2D eigenvalue weighted by Gasteiger charge is 2.42. The summed E-state index contributed by atoms with van der Waals surface area (Å²) < 4.78 is 11.2. The molecule has 0 saturated carbocycles. The molecule has 0 aromatic carbocycles. The van der Waals surface area contributed by atoms with Gasteiger partial charge in [-0.3, -0.25) is 0 Å². The van der Waals surface area contributed by atoms with Gasteiger partial charge in [-0.2, -0.15) is 11.8 Å². The average Bonchev–Trinajstić information content (AvgIpc) is 3.07. The monoisotopic (exact) mass is 300 g/mol. The van der Waals surface area contributed by atoms with Crippen LogP contribution < -0.4 is 4.74 Å². The molecule has 3 atom stereocenters. The molecule has 1 spiro atoms. The van der Waals surface area contributed by atoms with Gasteiger partial charge in [-0.25, -0.2) is 0 Å². The first kappa shape index (κ1) is 13.7. The van der Waals surface area contributed by atoms with Gasteiger partial charge >= 0.3 is 0 Å². The smallest absolute Gasteiger partial charge is 0.129 e. The van der Waals surface area contributed by atoms with Crippen LogP contribution in [0.15, 0.2) is 11.4 Å². The topological polar surface area (TPSA) is 38.7 Å². The number of thiophene rings is 1. The number of thioether (sulfide) groups is 1. The second-order valence-corrected chi connectivity index (χ2v) is 7.47. The van der Waals surface area contributed by atoms with Crippen molar-refractivity contribution in [3.8, 4) is 5.75 Å². The summed E-state index contributed by atoms with van der Waals surface area (Å²) in [5.41, 5.74) is 0.0376. The van der Waals surface area contributed by atoms with E-state index < -0.39 is 0 Å². The molecule has 0 amide bonds. The van der Waals surface area contributed by atoms with Crippen molar-refractivity contribution in [3.05, 3.63) is 16.3 Å². The van der Waals surface area contributed by atoms with Gasteiger partial charge in [-0.15, -0.1) is 11.3 Å². The fourth-order valence-electron chi connectivity index (χ4n) is 3.03. The van der Waals surface area contributed by atoms with Gasteiger partial charge in [0, 0.05) is 22.6 Å². The van der Waals surface area contributed by atoms with Crippen molar-refractivity contribution in [3.63, 3.8) is 0 Å². The zero-order valence-electron chi connectivity index (χ0n) is 11.1. The number of aliphatic hydroxyl groups excluding tert-OH is 1. The fourth-order valence-corrected chi connectivity index (χ4v) is 5.34. The molecule has 1 aromatic heterocycles. The summed E-state index contributed by atoms with van der Waals surface area (Å²) in [5.74, 6) is 3.44. The fraction of sp³-hybridized carbons (Fsp3) is 0.714. The second kappa shape index (κ2) is 5.64. The highest BCUT2D eigenvalue weighted by molar-refractivity contribution is 7.99. The summed E-state index contributed by atoms with van der Waals surface area (Å²) in [6.45, 7) is 0.783. The predicted octanol–water partition coefficient (Wildman–Crippen LogP) is 3.09. The third-order valence-corrected chi connectivity index (χ3v) is 6.37. The SMILES string of the molecule is COc1csc(C(O)C2CCOC3(CCSC3)C2)c1. The van der Waals surface area contributed by atoms with E-state index in [0.717, 1.165) is 42.2 Å². The maximum Gasteiger partial charge on any atom is 0.129 e. The van der Waals surface area contributed by atoms with E-state index in [9.17, 15) is 5.11 Å². The maximum absolute atomic E-state index is 10.6. The van der Waals surface area contributed by atoms with E-state index in [1.165, 1.54) is 5.75 Å². The Morgan fingerprint density at radius 2 is 2.47 bits per heavy atom. The summed E-state index contributed by atoms with van der Waals surface area (Å²) in [6.07, 6.45) is 2.70. The molecule has 0 radical (unpaired) electrons. The minimum absolute atomic E-state index is 0.0376. The van der Waals surface area contributed by atoms with E-state index >= 15 is 0 Å². The van der Waals surface area contributed by atoms with Gasteiger partial charge in [0.15, 0.2) is 0 Å². The molecule has 2 saturated heterocycles. The highest BCUT2D eigenvalue weighted by Crippen LogP contribution is 2.45. The Hall–Kier alpha value is -0.230. The normalized spacial score (nSPS) is 32.6. The number of hydrogen-bond donors (Lipinski definition) is 1. The van der Waals surface area contributed by atoms with Gasteiger partial charge in [0.05, 0.1) is 18.8 Å². The molecule has 1 aromatic rings. The van der Waals surface area contributed by atoms with Crippen molar-refractivity contribution in [1.82, 2.24) is 0 Å². The van der Waals surface area contributed by atoms with E-state index in [1.807, 2.05) is 23.2 Å². The van der Waals surface area contributed by atoms with Crippen LogP contribution in [0.4, 0.5) is 0 Å². The van der Waals surface area contributed by atoms with Crippen molar-refractivity contribution in [2.45, 2.75) is 31.0 Å². The maximum atomic E-state index is 10.6. The lowest BCUT2D eigenvalue weighted by atomic mass is 9.82. The van der Waals surface area contributed by atoms with E-state index in [1.54, 1.807) is 18.4 Å². The van der Waals surface area contributed by atoms with Gasteiger partial charge in [0.25, 0.3) is 0 Å². The van der Waals surface area contributed by atoms with Crippen molar-refractivity contribution in [2.24, 2.45) is 5.92 Å². The number of aliphatic hydroxyl groups is 1. The number of rotatable bonds is 3. The van der Waals surface area contributed by atoms with Crippen LogP contribution in [0.1, 0.15) is 30.2 Å². The lowest BCUT2D eigenvalue weighted by Crippen LogP contribution is -2.41. The Balaban J connectivity index is 1.70. The molecule has 19 heavy (non-hydrogen) atoms. The van der Waals surface area contributed by atoms with Gasteiger partial charge in [0.2, 0.25) is 0 Å². The summed E-state index contributed by atoms with van der Waals surface area (Å²) in [5, 5.41) is 12.5. The standard InChI is InChI=1S/C14H20O3S2/c1-16-11-6-12(19-8-11)13(15)10-2-4-17-14(7-10)3-5-18-9-14/h6,8,10,13,15H,2-5,7,9H2,1H3. The van der Waals surface area contributed by atoms with E-state index in [4.69, 9.17) is 9.47 Å². The molecule has 3 nitrogen and oxygen atoms in total. The van der Waals surface area contributed by atoms with E-state index in [0.29, 0.717) is 5.92 Å². The van der Waals surface area contributed by atoms with Crippen LogP contribution in [0.5, 0.6) is 5.75 Å². The Morgan fingerprint density at radius 1 is 1.58 bits per heavy atom. The van der Waals surface area contributed by atoms with Crippen molar-refractivity contribution in [2.75, 3.05) is 25.2 Å². The third kappa shape index (κ3) is 2.79. The number of ether oxygens (including phenoxy) is 2. The van der Waals surface area contributed by atoms with Gasteiger partial charge in [-0.1, -0.05) is 0 Å². The molecule has 0 bridgehead atoms. The molecular formula is C14H20O3S2. The molecule has 1 N–H and O–H groups in total. The van der Waals surface area contributed by atoms with Crippen molar-refractivity contribution >= 4 is 23.1 Å². The second-order valence-electron chi connectivity index (χ2n) is 5.42. The first-order valence-electron chi connectivity index (χ1n) is 6.75. The van der Waals surface area contributed by atoms with Gasteiger partial charge in [0.1, 0.15) is 5.75 Å². The molecule has 3 unspecified atom stereocenters. The molecule has 5 heteroatoms. The van der Waals surface area contributed by atoms with E-state index in [-0.39, 0.29) is 11.7 Å². The largest absolute Gasteiger partial charge is 0.496 e. The minimum atomic E-state index is -0.375. The molecule has 2 fully saturated rings. The molecule has 2 aliphatic heterocycles. The quantitative estimate of drug-likeness (QED) is 0.931. The number of hydrogen-bond acceptors (Lipinski definition) is 5. The zero-order chi connectivity index (χ0) is 13.3. The zero-order valence-corrected chi connectivity index (χ0v) is 12.8. The Morgan fingerprint density at radius 3 is 3.16 bits per heavy atom. The van der Waals surface area contributed by atoms with Crippen LogP contribution in [0.25, 0.3) is 0 Å². The lowest BCUT2D eigenvalue weighted by Gasteiger charge is -2.39. The molecule has 3 rings (SSSR count). The highest BCUT2D eigenvalue weighted by atomic mass is 32.2. The predicted molar refractivity (Wildman–Crippen MR) is 79.2 cm³/mol. The first-order chi connectivity index (χ1) is 9.22. The van der Waals surface area contributed by atoms with Crippen LogP contribution in [0.2, 0.25) is 0 Å². The average molecular weight is 300 g/mol. The van der Waals surface area contributed by atoms with Crippen molar-refractivity contribution in [1.29, 1.82) is 0 Å². The molecule has 2 aliphatic rings. The molecular weight excluding hydrogens is 280 g/mol. The Bertz CT molecular complexity index is 426. The molecule has 106 valence electrons. The lowest BCUT2D eigenvalue weighted by molar-refractivity contribution is -0.101. The number of methoxy groups -OCH3 is 1. The third-order valence-electron chi connectivity index (χ3n) is 4.17. The summed E-state index contributed by atoms with van der Waals surface area (Å²) in [4.78, 5) is 1.02. The summed E-state index contributed by atoms with van der Waals surface area (Å²) in [7, 11) is 1.66. The van der Waals surface area contributed by atoms with Crippen LogP contribution in [0, 0.1) is 5.92 Å². The summed E-state index contributed by atoms with van der Waals surface area (Å²) in [6, 6.07) is 1.96. The van der Waals surface area contributed by atoms with Gasteiger partial charge in [-0.05, 0) is 37.0 Å². The van der Waals surface area contributed by atoms with Gasteiger partial charge < -0.3 is 14.6 Å². The van der Waals surface area contributed by atoms with Crippen LogP contribution in [-0.2, 0) is 4.74 Å².